The van der Waals surface area contributed by atoms with Gasteiger partial charge in [-0.15, -0.1) is 0 Å². The van der Waals surface area contributed by atoms with Gasteiger partial charge in [-0.1, -0.05) is 13.8 Å². The van der Waals surface area contributed by atoms with Crippen LogP contribution < -0.4 is 5.32 Å². The zero-order valence-electron chi connectivity index (χ0n) is 14.5. The van der Waals surface area contributed by atoms with Crippen molar-refractivity contribution in [3.63, 3.8) is 0 Å². The first kappa shape index (κ1) is 18.6. The number of hydrogen-bond acceptors (Lipinski definition) is 3. The Bertz CT molecular complexity index is 838. The summed E-state index contributed by atoms with van der Waals surface area (Å²) in [5, 5.41) is 11.5. The molecule has 0 saturated carbocycles. The topological polar surface area (TPSA) is 53.7 Å². The van der Waals surface area contributed by atoms with Gasteiger partial charge in [0.25, 0.3) is 0 Å². The Kier molecular flexibility index (Phi) is 5.13. The molecule has 2 N–H and O–H groups in total. The van der Waals surface area contributed by atoms with E-state index in [1.807, 2.05) is 13.8 Å². The van der Waals surface area contributed by atoms with Crippen LogP contribution in [0.15, 0.2) is 12.3 Å². The van der Waals surface area contributed by atoms with Crippen molar-refractivity contribution in [3.05, 3.63) is 41.4 Å². The minimum absolute atomic E-state index is 0.0146. The van der Waals surface area contributed by atoms with Gasteiger partial charge in [0.15, 0.2) is 23.3 Å². The molecule has 0 radical (unpaired) electrons. The largest absolute Gasteiger partial charge is 0.317 e. The van der Waals surface area contributed by atoms with Crippen LogP contribution >= 0.6 is 0 Å². The van der Waals surface area contributed by atoms with Gasteiger partial charge >= 0.3 is 0 Å². The van der Waals surface area contributed by atoms with Gasteiger partial charge in [-0.2, -0.15) is 0 Å². The van der Waals surface area contributed by atoms with E-state index in [-0.39, 0.29) is 23.4 Å². The SMILES string of the molecule is CC(C)C(=N)n1cc(-c2cc(F)c(F)c(F)c2F)nc1C1CCNCC1. The van der Waals surface area contributed by atoms with Crippen molar-refractivity contribution in [2.24, 2.45) is 5.92 Å². The number of nitrogens with zero attached hydrogens (tertiary/aromatic N) is 2. The van der Waals surface area contributed by atoms with Crippen LogP contribution in [0, 0.1) is 34.6 Å². The second-order valence-electron chi connectivity index (χ2n) is 6.77. The molecule has 0 atom stereocenters. The van der Waals surface area contributed by atoms with E-state index in [4.69, 9.17) is 5.41 Å². The Morgan fingerprint density at radius 3 is 2.42 bits per heavy atom. The minimum Gasteiger partial charge on any atom is -0.317 e. The van der Waals surface area contributed by atoms with Gasteiger partial charge in [-0.25, -0.2) is 22.5 Å². The summed E-state index contributed by atoms with van der Waals surface area (Å²) in [5.74, 6) is -5.94. The Hall–Kier alpha value is -2.22. The molecule has 1 fully saturated rings. The summed E-state index contributed by atoms with van der Waals surface area (Å²) in [6, 6.07) is 0.603. The van der Waals surface area contributed by atoms with Gasteiger partial charge in [0, 0.05) is 23.6 Å². The van der Waals surface area contributed by atoms with Crippen molar-refractivity contribution in [1.82, 2.24) is 14.9 Å². The molecular formula is C18H20F4N4. The third-order valence-corrected chi connectivity index (χ3v) is 4.62. The molecule has 8 heteroatoms. The second kappa shape index (κ2) is 7.19. The molecule has 3 rings (SSSR count). The number of hydrogen-bond donors (Lipinski definition) is 2. The zero-order chi connectivity index (χ0) is 19.0. The minimum atomic E-state index is -1.86. The first-order chi connectivity index (χ1) is 12.3. The van der Waals surface area contributed by atoms with Gasteiger partial charge < -0.3 is 5.32 Å². The van der Waals surface area contributed by atoms with Gasteiger partial charge in [-0.05, 0) is 32.0 Å². The van der Waals surface area contributed by atoms with Gasteiger partial charge in [0.2, 0.25) is 0 Å². The van der Waals surface area contributed by atoms with Gasteiger partial charge in [0.1, 0.15) is 11.7 Å². The highest BCUT2D eigenvalue weighted by Gasteiger charge is 2.27. The molecule has 1 saturated heterocycles. The molecule has 140 valence electrons. The fourth-order valence-electron chi connectivity index (χ4n) is 3.12. The zero-order valence-corrected chi connectivity index (χ0v) is 14.5. The number of benzene rings is 1. The lowest BCUT2D eigenvalue weighted by molar-refractivity contribution is 0.410. The summed E-state index contributed by atoms with van der Waals surface area (Å²) in [7, 11) is 0. The summed E-state index contributed by atoms with van der Waals surface area (Å²) in [5.41, 5.74) is -0.467. The Labute approximate surface area is 148 Å². The highest BCUT2D eigenvalue weighted by molar-refractivity contribution is 5.85. The maximum atomic E-state index is 14.2. The molecule has 2 aromatic rings. The normalized spacial score (nSPS) is 15.7. The standard InChI is InChI=1S/C18H20F4N4/c1-9(2)17(23)26-8-13(25-18(26)10-3-5-24-6-4-10)11-7-12(19)15(21)16(22)14(11)20/h7-10,23-24H,3-6H2,1-2H3. The predicted octanol–water partition coefficient (Wildman–Crippen LogP) is 4.05. The Balaban J connectivity index is 2.13. The monoisotopic (exact) mass is 368 g/mol. The molecule has 0 aliphatic carbocycles. The molecule has 0 bridgehead atoms. The van der Waals surface area contributed by atoms with Crippen LogP contribution in [-0.2, 0) is 0 Å². The fourth-order valence-corrected chi connectivity index (χ4v) is 3.12. The van der Waals surface area contributed by atoms with E-state index in [0.29, 0.717) is 11.9 Å². The summed E-state index contributed by atoms with van der Waals surface area (Å²) in [4.78, 5) is 4.38. The number of aromatic nitrogens is 2. The fraction of sp³-hybridized carbons (Fsp3) is 0.444. The van der Waals surface area contributed by atoms with Crippen LogP contribution in [-0.4, -0.2) is 28.5 Å². The van der Waals surface area contributed by atoms with Crippen LogP contribution in [0.3, 0.4) is 0 Å². The van der Waals surface area contributed by atoms with Crippen LogP contribution in [0.1, 0.15) is 38.4 Å². The molecule has 1 aliphatic heterocycles. The first-order valence-corrected chi connectivity index (χ1v) is 8.53. The van der Waals surface area contributed by atoms with Crippen molar-refractivity contribution >= 4 is 5.84 Å². The van der Waals surface area contributed by atoms with E-state index in [2.05, 4.69) is 10.3 Å². The Morgan fingerprint density at radius 2 is 1.81 bits per heavy atom. The number of imidazole rings is 1. The van der Waals surface area contributed by atoms with Crippen molar-refractivity contribution in [3.8, 4) is 11.3 Å². The predicted molar refractivity (Wildman–Crippen MR) is 90.3 cm³/mol. The smallest absolute Gasteiger partial charge is 0.198 e. The average molecular weight is 368 g/mol. The third kappa shape index (κ3) is 3.25. The van der Waals surface area contributed by atoms with Crippen molar-refractivity contribution in [2.45, 2.75) is 32.6 Å². The van der Waals surface area contributed by atoms with E-state index in [1.165, 1.54) is 6.20 Å². The molecule has 2 heterocycles. The van der Waals surface area contributed by atoms with E-state index in [1.54, 1.807) is 4.57 Å². The highest BCUT2D eigenvalue weighted by atomic mass is 19.2. The summed E-state index contributed by atoms with van der Waals surface area (Å²) < 4.78 is 56.2. The molecule has 0 unspecified atom stereocenters. The lowest BCUT2D eigenvalue weighted by Crippen LogP contribution is -2.29. The third-order valence-electron chi connectivity index (χ3n) is 4.62. The van der Waals surface area contributed by atoms with Crippen LogP contribution in [0.4, 0.5) is 17.6 Å². The van der Waals surface area contributed by atoms with Crippen molar-refractivity contribution < 1.29 is 17.6 Å². The summed E-state index contributed by atoms with van der Waals surface area (Å²) >= 11 is 0. The lowest BCUT2D eigenvalue weighted by atomic mass is 9.97. The van der Waals surface area contributed by atoms with E-state index < -0.39 is 28.8 Å². The molecule has 1 aliphatic rings. The maximum Gasteiger partial charge on any atom is 0.198 e. The van der Waals surface area contributed by atoms with E-state index in [0.717, 1.165) is 25.9 Å². The molecule has 1 aromatic carbocycles. The summed E-state index contributed by atoms with van der Waals surface area (Å²) in [6.07, 6.45) is 2.97. The van der Waals surface area contributed by atoms with Crippen molar-refractivity contribution in [1.29, 1.82) is 5.41 Å². The maximum absolute atomic E-state index is 14.2. The Morgan fingerprint density at radius 1 is 1.15 bits per heavy atom. The van der Waals surface area contributed by atoms with Gasteiger partial charge in [-0.3, -0.25) is 9.98 Å². The highest BCUT2D eigenvalue weighted by Crippen LogP contribution is 2.31. The average Bonchev–Trinajstić information content (AvgIpc) is 3.08. The number of nitrogens with one attached hydrogen (secondary N) is 2. The quantitative estimate of drug-likeness (QED) is 0.282. The number of halogens is 4. The van der Waals surface area contributed by atoms with E-state index >= 15 is 0 Å². The lowest BCUT2D eigenvalue weighted by Gasteiger charge is -2.23. The molecule has 0 spiro atoms. The van der Waals surface area contributed by atoms with Crippen LogP contribution in [0.2, 0.25) is 0 Å². The van der Waals surface area contributed by atoms with Gasteiger partial charge in [0.05, 0.1) is 5.69 Å². The number of piperidine rings is 1. The van der Waals surface area contributed by atoms with E-state index in [9.17, 15) is 17.6 Å². The molecule has 0 amide bonds. The molecular weight excluding hydrogens is 348 g/mol. The van der Waals surface area contributed by atoms with Crippen LogP contribution in [0.5, 0.6) is 0 Å². The first-order valence-electron chi connectivity index (χ1n) is 8.53. The van der Waals surface area contributed by atoms with Crippen LogP contribution in [0.25, 0.3) is 11.3 Å². The molecule has 26 heavy (non-hydrogen) atoms. The molecule has 4 nitrogen and oxygen atoms in total. The molecule has 1 aromatic heterocycles. The summed E-state index contributed by atoms with van der Waals surface area (Å²) in [6.45, 7) is 5.25. The number of rotatable bonds is 3. The second-order valence-corrected chi connectivity index (χ2v) is 6.77. The van der Waals surface area contributed by atoms with Crippen molar-refractivity contribution in [2.75, 3.05) is 13.1 Å².